The number of nitrogens with zero attached hydrogens (tertiary/aromatic N) is 3. The second kappa shape index (κ2) is 12.2. The van der Waals surface area contributed by atoms with E-state index in [1.807, 2.05) is 78.9 Å². The summed E-state index contributed by atoms with van der Waals surface area (Å²) in [6, 6.07) is 60.5. The van der Waals surface area contributed by atoms with Crippen molar-refractivity contribution >= 4 is 21.9 Å². The number of aromatic nitrogens is 3. The summed E-state index contributed by atoms with van der Waals surface area (Å²) in [6.45, 7) is 0. The molecule has 0 aliphatic heterocycles. The summed E-state index contributed by atoms with van der Waals surface area (Å²) in [7, 11) is 0. The normalized spacial score (nSPS) is 11.3. The summed E-state index contributed by atoms with van der Waals surface area (Å²) in [6.07, 6.45) is 0. The molecule has 2 aromatic heterocycles. The fraction of sp³-hybridized carbons (Fsp3) is 0. The second-order valence-electron chi connectivity index (χ2n) is 12.0. The molecule has 4 heteroatoms. The predicted octanol–water partition coefficient (Wildman–Crippen LogP) is 11.8. The van der Waals surface area contributed by atoms with Gasteiger partial charge in [0, 0.05) is 27.5 Å². The molecule has 0 radical (unpaired) electrons. The Hall–Kier alpha value is -6.65. The molecule has 7 aromatic carbocycles. The van der Waals surface area contributed by atoms with E-state index >= 15 is 0 Å². The van der Waals surface area contributed by atoms with Crippen molar-refractivity contribution in [1.29, 1.82) is 0 Å². The fourth-order valence-corrected chi connectivity index (χ4v) is 6.49. The van der Waals surface area contributed by atoms with Gasteiger partial charge < -0.3 is 4.42 Å². The Bertz CT molecular complexity index is 2500. The minimum absolute atomic E-state index is 0.565. The van der Waals surface area contributed by atoms with Gasteiger partial charge in [-0.2, -0.15) is 0 Å². The minimum atomic E-state index is 0.565. The Balaban J connectivity index is 1.25. The van der Waals surface area contributed by atoms with Crippen LogP contribution in [0.15, 0.2) is 180 Å². The summed E-state index contributed by atoms with van der Waals surface area (Å²) in [5, 5.41) is 2.05. The summed E-state index contributed by atoms with van der Waals surface area (Å²) in [5.74, 6) is 1.79. The number of fused-ring (bicyclic) bond motifs is 3. The van der Waals surface area contributed by atoms with Crippen LogP contribution >= 0.6 is 0 Å². The van der Waals surface area contributed by atoms with E-state index in [1.54, 1.807) is 0 Å². The molecule has 0 aliphatic carbocycles. The highest BCUT2D eigenvalue weighted by molar-refractivity contribution is 6.14. The molecule has 0 amide bonds. The van der Waals surface area contributed by atoms with Crippen LogP contribution in [-0.2, 0) is 0 Å². The van der Waals surface area contributed by atoms with Gasteiger partial charge in [0.2, 0.25) is 0 Å². The molecule has 230 valence electrons. The lowest BCUT2D eigenvalue weighted by atomic mass is 9.94. The maximum atomic E-state index is 6.88. The summed E-state index contributed by atoms with van der Waals surface area (Å²) < 4.78 is 6.88. The molecule has 0 bridgehead atoms. The van der Waals surface area contributed by atoms with Gasteiger partial charge in [-0.25, -0.2) is 15.0 Å². The fourth-order valence-electron chi connectivity index (χ4n) is 6.49. The number of rotatable bonds is 6. The Morgan fingerprint density at radius 2 is 0.735 bits per heavy atom. The van der Waals surface area contributed by atoms with Gasteiger partial charge in [-0.3, -0.25) is 0 Å². The summed E-state index contributed by atoms with van der Waals surface area (Å²) >= 11 is 0. The topological polar surface area (TPSA) is 51.8 Å². The van der Waals surface area contributed by atoms with Crippen molar-refractivity contribution in [2.75, 3.05) is 0 Å². The van der Waals surface area contributed by atoms with E-state index in [4.69, 9.17) is 19.4 Å². The molecule has 0 fully saturated rings. The molecule has 0 saturated heterocycles. The first-order valence-electron chi connectivity index (χ1n) is 16.4. The van der Waals surface area contributed by atoms with Crippen LogP contribution in [0.4, 0.5) is 0 Å². The zero-order valence-electron chi connectivity index (χ0n) is 26.5. The largest absolute Gasteiger partial charge is 0.455 e. The Kier molecular flexibility index (Phi) is 7.10. The van der Waals surface area contributed by atoms with Gasteiger partial charge in [-0.1, -0.05) is 158 Å². The van der Waals surface area contributed by atoms with Crippen molar-refractivity contribution in [2.24, 2.45) is 0 Å². The van der Waals surface area contributed by atoms with Crippen LogP contribution < -0.4 is 0 Å². The highest BCUT2D eigenvalue weighted by Crippen LogP contribution is 2.42. The first kappa shape index (κ1) is 28.6. The first-order chi connectivity index (χ1) is 24.3. The zero-order valence-corrected chi connectivity index (χ0v) is 26.5. The molecule has 0 aliphatic rings. The lowest BCUT2D eigenvalue weighted by Gasteiger charge is -2.09. The van der Waals surface area contributed by atoms with Crippen molar-refractivity contribution in [1.82, 2.24) is 15.0 Å². The predicted molar refractivity (Wildman–Crippen MR) is 200 cm³/mol. The van der Waals surface area contributed by atoms with Crippen molar-refractivity contribution in [2.45, 2.75) is 0 Å². The Morgan fingerprint density at radius 3 is 1.31 bits per heavy atom. The van der Waals surface area contributed by atoms with Gasteiger partial charge >= 0.3 is 0 Å². The third-order valence-electron chi connectivity index (χ3n) is 8.95. The average Bonchev–Trinajstić information content (AvgIpc) is 3.58. The summed E-state index contributed by atoms with van der Waals surface area (Å²) in [5.41, 5.74) is 11.0. The number of furan rings is 1. The molecule has 0 spiro atoms. The molecule has 0 unspecified atom stereocenters. The molecular formula is C45H29N3O. The van der Waals surface area contributed by atoms with Gasteiger partial charge in [-0.05, 0) is 46.0 Å². The quantitative estimate of drug-likeness (QED) is 0.184. The van der Waals surface area contributed by atoms with Gasteiger partial charge in [-0.15, -0.1) is 0 Å². The van der Waals surface area contributed by atoms with Crippen molar-refractivity contribution in [3.8, 4) is 67.5 Å². The van der Waals surface area contributed by atoms with E-state index in [-0.39, 0.29) is 0 Å². The maximum absolute atomic E-state index is 6.88. The Morgan fingerprint density at radius 1 is 0.286 bits per heavy atom. The van der Waals surface area contributed by atoms with Crippen LogP contribution in [0.25, 0.3) is 89.5 Å². The summed E-state index contributed by atoms with van der Waals surface area (Å²) in [4.78, 5) is 14.9. The number of hydrogen-bond donors (Lipinski definition) is 0. The van der Waals surface area contributed by atoms with E-state index in [1.165, 1.54) is 11.1 Å². The van der Waals surface area contributed by atoms with Crippen LogP contribution in [-0.4, -0.2) is 15.0 Å². The average molecular weight is 628 g/mol. The first-order valence-corrected chi connectivity index (χ1v) is 16.4. The van der Waals surface area contributed by atoms with Gasteiger partial charge in [0.25, 0.3) is 0 Å². The van der Waals surface area contributed by atoms with Crippen molar-refractivity contribution < 1.29 is 4.42 Å². The van der Waals surface area contributed by atoms with Crippen LogP contribution in [0.3, 0.4) is 0 Å². The lowest BCUT2D eigenvalue weighted by Crippen LogP contribution is -2.00. The second-order valence-corrected chi connectivity index (χ2v) is 12.0. The standard InChI is InChI=1S/C45H29N3O/c1-5-14-30(15-6-1)31-24-26-32(27-25-31)36-28-39(33-16-7-2-8-17-33)42-40(29-36)37-22-13-23-38(41(37)49-42)45-47-43(34-18-9-3-10-19-34)46-44(48-45)35-20-11-4-12-21-35/h1-29H. The van der Waals surface area contributed by atoms with E-state index in [0.717, 1.165) is 60.9 Å². The molecule has 0 N–H and O–H groups in total. The van der Waals surface area contributed by atoms with Crippen LogP contribution in [0, 0.1) is 0 Å². The lowest BCUT2D eigenvalue weighted by molar-refractivity contribution is 0.670. The van der Waals surface area contributed by atoms with E-state index < -0.39 is 0 Å². The Labute approximate surface area is 284 Å². The molecule has 2 heterocycles. The maximum Gasteiger partial charge on any atom is 0.167 e. The van der Waals surface area contributed by atoms with E-state index in [0.29, 0.717) is 17.5 Å². The van der Waals surface area contributed by atoms with Crippen molar-refractivity contribution in [3.63, 3.8) is 0 Å². The zero-order chi connectivity index (χ0) is 32.6. The third kappa shape index (κ3) is 5.35. The highest BCUT2D eigenvalue weighted by atomic mass is 16.3. The van der Waals surface area contributed by atoms with Gasteiger partial charge in [0.15, 0.2) is 17.5 Å². The molecule has 0 saturated carbocycles. The number of benzene rings is 7. The van der Waals surface area contributed by atoms with Gasteiger partial charge in [0.1, 0.15) is 11.2 Å². The van der Waals surface area contributed by atoms with E-state index in [9.17, 15) is 0 Å². The van der Waals surface area contributed by atoms with Crippen LogP contribution in [0.2, 0.25) is 0 Å². The monoisotopic (exact) mass is 627 g/mol. The molecule has 4 nitrogen and oxygen atoms in total. The SMILES string of the molecule is c1ccc(-c2ccc(-c3cc(-c4ccccc4)c4oc5c(-c6nc(-c7ccccc7)nc(-c7ccccc7)n6)cccc5c4c3)cc2)cc1. The minimum Gasteiger partial charge on any atom is -0.455 e. The number of hydrogen-bond acceptors (Lipinski definition) is 4. The van der Waals surface area contributed by atoms with Crippen LogP contribution in [0.1, 0.15) is 0 Å². The number of para-hydroxylation sites is 1. The smallest absolute Gasteiger partial charge is 0.167 e. The molecule has 9 aromatic rings. The highest BCUT2D eigenvalue weighted by Gasteiger charge is 2.20. The molecule has 49 heavy (non-hydrogen) atoms. The molecular weight excluding hydrogens is 599 g/mol. The van der Waals surface area contributed by atoms with Gasteiger partial charge in [0.05, 0.1) is 5.56 Å². The third-order valence-corrected chi connectivity index (χ3v) is 8.95. The molecule has 9 rings (SSSR count). The molecule has 0 atom stereocenters. The van der Waals surface area contributed by atoms with Crippen LogP contribution in [0.5, 0.6) is 0 Å². The van der Waals surface area contributed by atoms with Crippen molar-refractivity contribution in [3.05, 3.63) is 176 Å². The van der Waals surface area contributed by atoms with E-state index in [2.05, 4.69) is 97.1 Å².